The molecule has 2 amide bonds. The van der Waals surface area contributed by atoms with Gasteiger partial charge >= 0.3 is 12.2 Å². The van der Waals surface area contributed by atoms with E-state index in [0.717, 1.165) is 4.90 Å². The fraction of sp³-hybridized carbons (Fsp3) is 0.822. The maximum absolute atomic E-state index is 14.6. The van der Waals surface area contributed by atoms with E-state index in [0.29, 0.717) is 50.6 Å². The molecule has 0 aliphatic carbocycles. The molecule has 0 saturated carbocycles. The van der Waals surface area contributed by atoms with Crippen molar-refractivity contribution in [2.75, 3.05) is 12.3 Å². The number of imide groups is 1. The molecule has 0 aliphatic rings. The van der Waals surface area contributed by atoms with E-state index in [1.165, 1.54) is 4.68 Å². The topological polar surface area (TPSA) is 189 Å². The van der Waals surface area contributed by atoms with Crippen LogP contribution in [0, 0.1) is 0 Å². The molecule has 562 valence electrons. The van der Waals surface area contributed by atoms with Gasteiger partial charge in [-0.3, -0.25) is 0 Å². The van der Waals surface area contributed by atoms with Crippen LogP contribution in [0.15, 0.2) is 59.8 Å². The van der Waals surface area contributed by atoms with Crippen LogP contribution in [0.25, 0.3) is 5.69 Å². The normalized spacial score (nSPS) is 16.5. The quantitative estimate of drug-likeness (QED) is 0.0484. The first-order valence-corrected chi connectivity index (χ1v) is 55.0. The highest BCUT2D eigenvalue weighted by atomic mass is 32.2. The average Bonchev–Trinajstić information content (AvgIpc) is 1.79. The van der Waals surface area contributed by atoms with Gasteiger partial charge in [0, 0.05) is 31.3 Å². The van der Waals surface area contributed by atoms with E-state index >= 15 is 0 Å². The fourth-order valence-electron chi connectivity index (χ4n) is 9.09. The fourth-order valence-corrected chi connectivity index (χ4v) is 18.5. The number of tetrazole rings is 1. The third kappa shape index (κ3) is 29.3. The van der Waals surface area contributed by atoms with Crippen LogP contribution in [-0.2, 0) is 45.9 Å². The van der Waals surface area contributed by atoms with Crippen LogP contribution >= 0.6 is 0 Å². The van der Waals surface area contributed by atoms with E-state index in [1.807, 2.05) is 18.2 Å². The van der Waals surface area contributed by atoms with E-state index in [-0.39, 0.29) is 84.6 Å². The third-order valence-corrected chi connectivity index (χ3v) is 49.9. The summed E-state index contributed by atoms with van der Waals surface area (Å²) in [6.07, 6.45) is 9.50. The lowest BCUT2D eigenvalue weighted by atomic mass is 10.00. The Balaban J connectivity index is 2.93. The van der Waals surface area contributed by atoms with Crippen LogP contribution in [0.4, 0.5) is 9.59 Å². The highest BCUT2D eigenvalue weighted by Crippen LogP contribution is 2.45. The van der Waals surface area contributed by atoms with Crippen molar-refractivity contribution in [1.82, 2.24) is 25.1 Å². The molecule has 0 N–H and O–H groups in total. The highest BCUT2D eigenvalue weighted by Gasteiger charge is 2.47. The SMILES string of the molecule is CC(C)(C)OC(=O)N(CCC[C@H](C/C=C/[C@H](C/C=C/[C@H](C[C@@H](C[C@H](C[C@@H](CCS(=O)(=O)c1nnnn1-c1ccccc1)O[Si](C)(C)C(C)(C)C)O[Si](C)(C)C(C)(C)C)O[Si](C)(C)C(C)(C)C)O[Si](C)(C)C(C)(C)C)O[Si](C)(C)C(C)(C)C)O[Si](C)(C)C(C)(C)C)C(=O)OC(C)(C)C. The standard InChI is InChI=1S/C73H143N5O12SSi6/c1-66(2,3)83-64(79)77(65(80)84-67(4,5)6)51-42-49-58(86-93(27,28)69(10,11)12)46-40-45-57(85-92(25,26)68(7,8)9)47-41-48-59(87-94(29,30)70(13,14)15)53-61(89-96(33,34)72(19,20)21)55-62(90-97(35,36)73(22,23)24)54-60(88-95(31,32)71(16,17)18)50-52-91(81,82)63-74-75-76-78(63)56-43-38-37-39-44-56/h37-41,43-45,48,57-62H,42,46-47,49-55H2,1-36H3/b45-40+,48-41+/t57-,58+,59-,60-,61+,62+/m1/s1. The monoisotopic (exact) mass is 1480 g/mol. The number of hydrogen-bond acceptors (Lipinski definition) is 15. The van der Waals surface area contributed by atoms with Crippen LogP contribution in [0.2, 0.25) is 109 Å². The number of sulfone groups is 1. The second-order valence-electron chi connectivity index (χ2n) is 38.4. The van der Waals surface area contributed by atoms with E-state index < -0.39 is 89.2 Å². The summed E-state index contributed by atoms with van der Waals surface area (Å²) in [5.74, 6) is -0.225. The molecule has 24 heteroatoms. The number of hydrogen-bond donors (Lipinski definition) is 0. The average molecular weight is 1480 g/mol. The van der Waals surface area contributed by atoms with Gasteiger partial charge in [0.05, 0.1) is 29.8 Å². The van der Waals surface area contributed by atoms with Gasteiger partial charge in [0.15, 0.2) is 49.9 Å². The Kier molecular flexibility index (Phi) is 31.7. The largest absolute Gasteiger partial charge is 0.443 e. The summed E-state index contributed by atoms with van der Waals surface area (Å²) in [6.45, 7) is 78.9. The number of carbonyl (C=O) groups is 2. The van der Waals surface area contributed by atoms with E-state index in [9.17, 15) is 18.0 Å². The lowest BCUT2D eigenvalue weighted by Gasteiger charge is -2.45. The zero-order chi connectivity index (χ0) is 75.6. The first kappa shape index (κ1) is 90.6. The van der Waals surface area contributed by atoms with Crippen LogP contribution in [-0.4, -0.2) is 156 Å². The molecular formula is C73H143N5O12SSi6. The Hall–Kier alpha value is -2.48. The first-order chi connectivity index (χ1) is 43.2. The summed E-state index contributed by atoms with van der Waals surface area (Å²) in [5, 5.41) is 11.2. The lowest BCUT2D eigenvalue weighted by Crippen LogP contribution is -2.50. The van der Waals surface area contributed by atoms with Gasteiger partial charge in [-0.05, 0) is 218 Å². The predicted molar refractivity (Wildman–Crippen MR) is 418 cm³/mol. The van der Waals surface area contributed by atoms with E-state index in [1.54, 1.807) is 53.7 Å². The maximum atomic E-state index is 14.6. The highest BCUT2D eigenvalue weighted by molar-refractivity contribution is 7.91. The van der Waals surface area contributed by atoms with Gasteiger partial charge in [-0.15, -0.1) is 0 Å². The molecule has 0 aliphatic heterocycles. The first-order valence-electron chi connectivity index (χ1n) is 35.9. The second-order valence-corrected chi connectivity index (χ2v) is 69.0. The number of aromatic nitrogens is 4. The smallest absolute Gasteiger partial charge is 0.419 e. The Morgan fingerprint density at radius 2 is 0.814 bits per heavy atom. The van der Waals surface area contributed by atoms with Gasteiger partial charge in [0.2, 0.25) is 9.84 Å². The minimum Gasteiger partial charge on any atom is -0.443 e. The Bertz CT molecular complexity index is 2920. The number of para-hydroxylation sites is 1. The zero-order valence-corrected chi connectivity index (χ0v) is 75.1. The van der Waals surface area contributed by atoms with Crippen molar-refractivity contribution in [3.63, 3.8) is 0 Å². The number of ether oxygens (including phenoxy) is 2. The molecule has 1 heterocycles. The molecule has 97 heavy (non-hydrogen) atoms. The molecule has 1 aromatic heterocycles. The molecule has 0 bridgehead atoms. The van der Waals surface area contributed by atoms with Crippen molar-refractivity contribution in [2.45, 2.75) is 379 Å². The summed E-state index contributed by atoms with van der Waals surface area (Å²) in [5.41, 5.74) is -1.06. The molecule has 17 nitrogen and oxygen atoms in total. The van der Waals surface area contributed by atoms with Crippen LogP contribution in [0.3, 0.4) is 0 Å². The Morgan fingerprint density at radius 3 is 1.23 bits per heavy atom. The van der Waals surface area contributed by atoms with Crippen LogP contribution < -0.4 is 0 Å². The predicted octanol–water partition coefficient (Wildman–Crippen LogP) is 21.2. The summed E-state index contributed by atoms with van der Waals surface area (Å²) >= 11 is 0. The molecule has 6 atom stereocenters. The molecule has 0 saturated heterocycles. The number of amides is 2. The molecule has 0 radical (unpaired) electrons. The van der Waals surface area contributed by atoms with Gasteiger partial charge in [0.1, 0.15) is 11.2 Å². The summed E-state index contributed by atoms with van der Waals surface area (Å²) in [6, 6.07) is 9.11. The van der Waals surface area contributed by atoms with E-state index in [4.69, 9.17) is 36.0 Å². The molecule has 2 aromatic rings. The van der Waals surface area contributed by atoms with Gasteiger partial charge < -0.3 is 36.0 Å². The Labute approximate surface area is 599 Å². The third-order valence-electron chi connectivity index (χ3n) is 21.2. The number of nitrogens with zero attached hydrogens (tertiary/aromatic N) is 5. The summed E-state index contributed by atoms with van der Waals surface area (Å²) < 4.78 is 86.8. The minimum atomic E-state index is -4.01. The van der Waals surface area contributed by atoms with Gasteiger partial charge in [-0.2, -0.15) is 4.68 Å². The Morgan fingerprint density at radius 1 is 0.464 bits per heavy atom. The summed E-state index contributed by atoms with van der Waals surface area (Å²) in [4.78, 5) is 28.2. The van der Waals surface area contributed by atoms with Crippen molar-refractivity contribution in [1.29, 1.82) is 0 Å². The minimum absolute atomic E-state index is 0.0673. The van der Waals surface area contributed by atoms with Crippen molar-refractivity contribution < 1.29 is 54.0 Å². The molecule has 1 aromatic carbocycles. The maximum Gasteiger partial charge on any atom is 0.419 e. The van der Waals surface area contributed by atoms with Crippen LogP contribution in [0.1, 0.15) is 218 Å². The number of rotatable bonds is 33. The number of carbonyl (C=O) groups excluding carboxylic acids is 2. The molecule has 0 spiro atoms. The van der Waals surface area contributed by atoms with E-state index in [2.05, 4.69) is 243 Å². The molecular weight excluding hydrogens is 1340 g/mol. The van der Waals surface area contributed by atoms with Crippen molar-refractivity contribution in [3.05, 3.63) is 54.6 Å². The summed E-state index contributed by atoms with van der Waals surface area (Å²) in [7, 11) is -18.7. The second kappa shape index (κ2) is 34.0. The number of benzene rings is 1. The molecule has 0 unspecified atom stereocenters. The molecule has 2 rings (SSSR count). The van der Waals surface area contributed by atoms with Gasteiger partial charge in [0.25, 0.3) is 5.16 Å². The van der Waals surface area contributed by atoms with Gasteiger partial charge in [-0.25, -0.2) is 22.9 Å². The zero-order valence-electron chi connectivity index (χ0n) is 68.3. The van der Waals surface area contributed by atoms with Crippen molar-refractivity contribution >= 4 is 71.9 Å². The van der Waals surface area contributed by atoms with Crippen molar-refractivity contribution in [2.24, 2.45) is 0 Å². The van der Waals surface area contributed by atoms with Gasteiger partial charge in [-0.1, -0.05) is 172 Å². The molecule has 0 fully saturated rings. The lowest BCUT2D eigenvalue weighted by molar-refractivity contribution is 0.000510. The van der Waals surface area contributed by atoms with Crippen molar-refractivity contribution in [3.8, 4) is 5.69 Å². The van der Waals surface area contributed by atoms with Crippen LogP contribution in [0.5, 0.6) is 0 Å².